The van der Waals surface area contributed by atoms with E-state index in [4.69, 9.17) is 0 Å². The molecule has 1 aliphatic heterocycles. The maximum Gasteiger partial charge on any atom is 0.320 e. The van der Waals surface area contributed by atoms with Crippen molar-refractivity contribution >= 4 is 11.9 Å². The number of carboxylic acid groups (broad SMARTS) is 1. The van der Waals surface area contributed by atoms with E-state index in [0.29, 0.717) is 19.3 Å². The third-order valence-electron chi connectivity index (χ3n) is 4.62. The molecule has 5 N–H and O–H groups in total. The van der Waals surface area contributed by atoms with Gasteiger partial charge < -0.3 is 20.6 Å². The van der Waals surface area contributed by atoms with Crippen molar-refractivity contribution in [2.45, 2.75) is 70.2 Å². The van der Waals surface area contributed by atoms with E-state index in [2.05, 4.69) is 10.6 Å². The van der Waals surface area contributed by atoms with E-state index in [1.54, 1.807) is 0 Å². The quantitative estimate of drug-likeness (QED) is 0.387. The van der Waals surface area contributed by atoms with Gasteiger partial charge in [-0.3, -0.25) is 14.9 Å². The van der Waals surface area contributed by atoms with Crippen molar-refractivity contribution in [3.63, 3.8) is 0 Å². The molecule has 0 aromatic rings. The highest BCUT2D eigenvalue weighted by Gasteiger charge is 2.48. The number of hydrogen-bond acceptors (Lipinski definition) is 5. The molecule has 1 rings (SSSR count). The van der Waals surface area contributed by atoms with Crippen molar-refractivity contribution in [3.05, 3.63) is 12.2 Å². The summed E-state index contributed by atoms with van der Waals surface area (Å²) in [5.74, 6) is -1.38. The summed E-state index contributed by atoms with van der Waals surface area (Å²) in [7, 11) is 0. The molecule has 5 atom stereocenters. The Bertz CT molecular complexity index is 460. The van der Waals surface area contributed by atoms with Crippen LogP contribution in [0.3, 0.4) is 0 Å². The van der Waals surface area contributed by atoms with Crippen molar-refractivity contribution in [2.75, 3.05) is 6.61 Å². The van der Waals surface area contributed by atoms with Crippen LogP contribution in [-0.2, 0) is 9.59 Å². The largest absolute Gasteiger partial charge is 0.480 e. The Kier molecular flexibility index (Phi) is 7.86. The summed E-state index contributed by atoms with van der Waals surface area (Å²) in [6, 6.07) is -1.84. The van der Waals surface area contributed by atoms with Gasteiger partial charge in [0.1, 0.15) is 6.04 Å². The summed E-state index contributed by atoms with van der Waals surface area (Å²) in [5, 5.41) is 35.6. The SMILES string of the molecule is C/C=C/C1CC(C(=O)O)NC1C(NC(C)=O)C(O)(CCC)CCO. The molecule has 1 saturated heterocycles. The topological polar surface area (TPSA) is 119 Å². The summed E-state index contributed by atoms with van der Waals surface area (Å²) in [4.78, 5) is 23.1. The lowest BCUT2D eigenvalue weighted by molar-refractivity contribution is -0.139. The number of hydrogen-bond donors (Lipinski definition) is 5. The van der Waals surface area contributed by atoms with Crippen LogP contribution in [0, 0.1) is 5.92 Å². The molecule has 0 radical (unpaired) electrons. The van der Waals surface area contributed by atoms with Gasteiger partial charge in [-0.05, 0) is 25.7 Å². The summed E-state index contributed by atoms with van der Waals surface area (Å²) in [6.45, 7) is 4.92. The Morgan fingerprint density at radius 2 is 2.08 bits per heavy atom. The summed E-state index contributed by atoms with van der Waals surface area (Å²) in [6.07, 6.45) is 5.33. The minimum absolute atomic E-state index is 0.115. The number of aliphatic hydroxyl groups is 2. The van der Waals surface area contributed by atoms with E-state index < -0.39 is 29.7 Å². The van der Waals surface area contributed by atoms with Crippen LogP contribution >= 0.6 is 0 Å². The third-order valence-corrected chi connectivity index (χ3v) is 4.62. The van der Waals surface area contributed by atoms with E-state index in [1.807, 2.05) is 26.0 Å². The average molecular weight is 342 g/mol. The molecule has 0 spiro atoms. The van der Waals surface area contributed by atoms with E-state index in [-0.39, 0.29) is 24.9 Å². The smallest absolute Gasteiger partial charge is 0.320 e. The van der Waals surface area contributed by atoms with E-state index in [0.717, 1.165) is 0 Å². The zero-order valence-electron chi connectivity index (χ0n) is 14.7. The molecule has 0 aromatic heterocycles. The number of allylic oxidation sites excluding steroid dienone is 1. The van der Waals surface area contributed by atoms with Crippen LogP contribution in [0.15, 0.2) is 12.2 Å². The molecule has 0 aliphatic carbocycles. The van der Waals surface area contributed by atoms with Gasteiger partial charge in [0.15, 0.2) is 0 Å². The maximum absolute atomic E-state index is 11.7. The van der Waals surface area contributed by atoms with Gasteiger partial charge in [-0.2, -0.15) is 0 Å². The molecule has 5 unspecified atom stereocenters. The van der Waals surface area contributed by atoms with E-state index in [1.165, 1.54) is 6.92 Å². The number of aliphatic hydroxyl groups excluding tert-OH is 1. The maximum atomic E-state index is 11.7. The fourth-order valence-electron chi connectivity index (χ4n) is 3.64. The second kappa shape index (κ2) is 9.15. The van der Waals surface area contributed by atoms with Crippen molar-refractivity contribution in [3.8, 4) is 0 Å². The fourth-order valence-corrected chi connectivity index (χ4v) is 3.64. The van der Waals surface area contributed by atoms with E-state index in [9.17, 15) is 24.9 Å². The zero-order valence-corrected chi connectivity index (χ0v) is 14.7. The summed E-state index contributed by atoms with van der Waals surface area (Å²) < 4.78 is 0. The van der Waals surface area contributed by atoms with Crippen LogP contribution in [0.5, 0.6) is 0 Å². The molecule has 1 fully saturated rings. The molecule has 0 bridgehead atoms. The van der Waals surface area contributed by atoms with Crippen molar-refractivity contribution < 1.29 is 24.9 Å². The van der Waals surface area contributed by atoms with Gasteiger partial charge in [0.05, 0.1) is 11.6 Å². The molecule has 7 heteroatoms. The van der Waals surface area contributed by atoms with Crippen LogP contribution < -0.4 is 10.6 Å². The Balaban J connectivity index is 3.20. The van der Waals surface area contributed by atoms with Crippen molar-refractivity contribution in [1.82, 2.24) is 10.6 Å². The number of carbonyl (C=O) groups excluding carboxylic acids is 1. The first-order valence-electron chi connectivity index (χ1n) is 8.51. The van der Waals surface area contributed by atoms with Crippen LogP contribution in [0.2, 0.25) is 0 Å². The molecule has 7 nitrogen and oxygen atoms in total. The zero-order chi connectivity index (χ0) is 18.3. The van der Waals surface area contributed by atoms with Crippen LogP contribution in [-0.4, -0.2) is 57.5 Å². The minimum atomic E-state index is -1.31. The first-order chi connectivity index (χ1) is 11.3. The van der Waals surface area contributed by atoms with Crippen molar-refractivity contribution in [2.24, 2.45) is 5.92 Å². The van der Waals surface area contributed by atoms with E-state index >= 15 is 0 Å². The van der Waals surface area contributed by atoms with Crippen LogP contribution in [0.1, 0.15) is 46.5 Å². The molecule has 1 amide bonds. The average Bonchev–Trinajstić information content (AvgIpc) is 2.89. The van der Waals surface area contributed by atoms with Gasteiger partial charge in [-0.15, -0.1) is 0 Å². The minimum Gasteiger partial charge on any atom is -0.480 e. The predicted molar refractivity (Wildman–Crippen MR) is 90.4 cm³/mol. The van der Waals surface area contributed by atoms with Gasteiger partial charge in [0.25, 0.3) is 0 Å². The summed E-state index contributed by atoms with van der Waals surface area (Å²) in [5.41, 5.74) is -1.31. The van der Waals surface area contributed by atoms with Crippen molar-refractivity contribution in [1.29, 1.82) is 0 Å². The predicted octanol–water partition coefficient (Wildman–Crippen LogP) is 0.412. The highest BCUT2D eigenvalue weighted by Crippen LogP contribution is 2.32. The lowest BCUT2D eigenvalue weighted by Gasteiger charge is -2.41. The normalized spacial score (nSPS) is 27.8. The highest BCUT2D eigenvalue weighted by atomic mass is 16.4. The molecule has 24 heavy (non-hydrogen) atoms. The molecule has 138 valence electrons. The number of amides is 1. The summed E-state index contributed by atoms with van der Waals surface area (Å²) >= 11 is 0. The first-order valence-corrected chi connectivity index (χ1v) is 8.51. The Morgan fingerprint density at radius 1 is 1.42 bits per heavy atom. The molecule has 1 heterocycles. The molecule has 0 saturated carbocycles. The molecule has 0 aromatic carbocycles. The van der Waals surface area contributed by atoms with Gasteiger partial charge >= 0.3 is 5.97 Å². The van der Waals surface area contributed by atoms with Gasteiger partial charge in [0, 0.05) is 26.0 Å². The number of rotatable bonds is 9. The molecular weight excluding hydrogens is 312 g/mol. The number of aliphatic carboxylic acids is 1. The Hall–Kier alpha value is -1.44. The van der Waals surface area contributed by atoms with Crippen LogP contribution in [0.4, 0.5) is 0 Å². The Morgan fingerprint density at radius 3 is 2.54 bits per heavy atom. The van der Waals surface area contributed by atoms with Gasteiger partial charge in [0.2, 0.25) is 5.91 Å². The second-order valence-electron chi connectivity index (χ2n) is 6.51. The number of nitrogens with one attached hydrogen (secondary N) is 2. The number of carboxylic acids is 1. The van der Waals surface area contributed by atoms with Crippen LogP contribution in [0.25, 0.3) is 0 Å². The molecular formula is C17H30N2O5. The van der Waals surface area contributed by atoms with Gasteiger partial charge in [-0.25, -0.2) is 0 Å². The fraction of sp³-hybridized carbons (Fsp3) is 0.765. The lowest BCUT2D eigenvalue weighted by atomic mass is 9.78. The lowest BCUT2D eigenvalue weighted by Crippen LogP contribution is -2.63. The molecule has 1 aliphatic rings. The van der Waals surface area contributed by atoms with Gasteiger partial charge in [-0.1, -0.05) is 25.5 Å². The second-order valence-corrected chi connectivity index (χ2v) is 6.51. The third kappa shape index (κ3) is 5.03. The standard InChI is InChI=1S/C17H30N2O5/c1-4-6-12-10-13(16(22)23)19-14(12)15(18-11(3)21)17(24,7-5-2)8-9-20/h4,6,12-15,19-20,24H,5,7-10H2,1-3H3,(H,18,21)(H,22,23)/b6-4+. The first kappa shape index (κ1) is 20.6. The monoisotopic (exact) mass is 342 g/mol. The highest BCUT2D eigenvalue weighted by molar-refractivity contribution is 5.75. The number of carbonyl (C=O) groups is 2. The Labute approximate surface area is 143 Å².